The van der Waals surface area contributed by atoms with Gasteiger partial charge in [0.05, 0.1) is 6.54 Å². The third-order valence-electron chi connectivity index (χ3n) is 4.14. The van der Waals surface area contributed by atoms with Crippen molar-refractivity contribution in [3.8, 4) is 0 Å². The zero-order valence-corrected chi connectivity index (χ0v) is 13.4. The highest BCUT2D eigenvalue weighted by Crippen LogP contribution is 2.35. The van der Waals surface area contributed by atoms with Crippen LogP contribution in [0.5, 0.6) is 0 Å². The van der Waals surface area contributed by atoms with E-state index in [1.807, 2.05) is 66.9 Å². The number of amides is 2. The normalized spacial score (nSPS) is 14.4. The smallest absolute Gasteiger partial charge is 0.314 e. The Morgan fingerprint density at radius 2 is 1.70 bits per heavy atom. The molecule has 0 heterocycles. The van der Waals surface area contributed by atoms with Gasteiger partial charge in [0.1, 0.15) is 0 Å². The Morgan fingerprint density at radius 1 is 1.09 bits per heavy atom. The third kappa shape index (κ3) is 4.22. The van der Waals surface area contributed by atoms with E-state index in [2.05, 4.69) is 12.2 Å². The molecule has 2 aromatic rings. The number of carbonyl (C=O) groups is 1. The Balaban J connectivity index is 1.77. The quantitative estimate of drug-likeness (QED) is 0.852. The van der Waals surface area contributed by atoms with Crippen molar-refractivity contribution in [2.24, 2.45) is 5.92 Å². The van der Waals surface area contributed by atoms with E-state index in [-0.39, 0.29) is 6.03 Å². The van der Waals surface area contributed by atoms with E-state index < -0.39 is 0 Å². The largest absolute Gasteiger partial charge is 0.326 e. The van der Waals surface area contributed by atoms with Crippen molar-refractivity contribution in [3.63, 3.8) is 0 Å². The van der Waals surface area contributed by atoms with Crippen molar-refractivity contribution < 1.29 is 4.79 Å². The van der Waals surface area contributed by atoms with E-state index in [9.17, 15) is 4.79 Å². The minimum Gasteiger partial charge on any atom is -0.314 e. The average Bonchev–Trinajstić information content (AvgIpc) is 3.44. The summed E-state index contributed by atoms with van der Waals surface area (Å²) in [6, 6.07) is 19.7. The van der Waals surface area contributed by atoms with Gasteiger partial charge >= 0.3 is 6.03 Å². The van der Waals surface area contributed by atoms with Gasteiger partial charge in [-0.1, -0.05) is 54.1 Å². The molecule has 1 aliphatic carbocycles. The predicted molar refractivity (Wildman–Crippen MR) is 94.1 cm³/mol. The molecule has 0 bridgehead atoms. The number of rotatable bonds is 5. The van der Waals surface area contributed by atoms with Crippen LogP contribution in [0.3, 0.4) is 0 Å². The molecule has 23 heavy (non-hydrogen) atoms. The molecule has 3 rings (SSSR count). The molecule has 2 aromatic carbocycles. The first-order chi connectivity index (χ1) is 11.2. The summed E-state index contributed by atoms with van der Waals surface area (Å²) in [4.78, 5) is 14.4. The van der Waals surface area contributed by atoms with E-state index in [1.54, 1.807) is 4.90 Å². The summed E-state index contributed by atoms with van der Waals surface area (Å²) >= 11 is 0. The number of allylic oxidation sites excluding steroid dienone is 1. The van der Waals surface area contributed by atoms with Gasteiger partial charge < -0.3 is 5.32 Å². The molecule has 0 aromatic heterocycles. The topological polar surface area (TPSA) is 32.3 Å². The highest BCUT2D eigenvalue weighted by Gasteiger charge is 2.23. The van der Waals surface area contributed by atoms with E-state index in [1.165, 1.54) is 18.4 Å². The number of nitrogens with one attached hydrogen (secondary N) is 1. The van der Waals surface area contributed by atoms with Gasteiger partial charge in [-0.25, -0.2) is 4.79 Å². The van der Waals surface area contributed by atoms with Crippen LogP contribution in [0, 0.1) is 5.92 Å². The number of anilines is 1. The van der Waals surface area contributed by atoms with Crippen LogP contribution in [0.4, 0.5) is 10.5 Å². The number of urea groups is 1. The first kappa shape index (κ1) is 15.3. The maximum absolute atomic E-state index is 12.7. The van der Waals surface area contributed by atoms with Gasteiger partial charge in [-0.15, -0.1) is 0 Å². The van der Waals surface area contributed by atoms with E-state index in [4.69, 9.17) is 0 Å². The second-order valence-corrected chi connectivity index (χ2v) is 6.02. The molecule has 1 saturated carbocycles. The van der Waals surface area contributed by atoms with Crippen LogP contribution in [-0.4, -0.2) is 6.03 Å². The minimum atomic E-state index is -0.0972. The number of hydrogen-bond donors (Lipinski definition) is 1. The molecule has 3 nitrogen and oxygen atoms in total. The standard InChI is InChI=1S/C20H22N2O/c1-16(18-12-13-18)14-21-20(23)22(19-10-6-3-7-11-19)15-17-8-4-2-5-9-17/h2-11,14,18H,12-13,15H2,1H3,(H,21,23)/b16-14+. The maximum atomic E-state index is 12.7. The van der Waals surface area contributed by atoms with Crippen molar-refractivity contribution >= 4 is 11.7 Å². The van der Waals surface area contributed by atoms with Gasteiger partial charge in [0.25, 0.3) is 0 Å². The molecule has 0 radical (unpaired) electrons. The van der Waals surface area contributed by atoms with Crippen LogP contribution in [0.25, 0.3) is 0 Å². The molecule has 2 amide bonds. The van der Waals surface area contributed by atoms with Crippen molar-refractivity contribution in [3.05, 3.63) is 78.0 Å². The molecule has 3 heteroatoms. The fraction of sp³-hybridized carbons (Fsp3) is 0.250. The van der Waals surface area contributed by atoms with Gasteiger partial charge in [0.2, 0.25) is 0 Å². The summed E-state index contributed by atoms with van der Waals surface area (Å²) in [6.45, 7) is 2.63. The molecule has 0 aliphatic heterocycles. The van der Waals surface area contributed by atoms with Crippen molar-refractivity contribution in [2.45, 2.75) is 26.3 Å². The summed E-state index contributed by atoms with van der Waals surface area (Å²) in [5.74, 6) is 0.662. The molecule has 1 aliphatic rings. The summed E-state index contributed by atoms with van der Waals surface area (Å²) in [6.07, 6.45) is 4.34. The number of hydrogen-bond acceptors (Lipinski definition) is 1. The summed E-state index contributed by atoms with van der Waals surface area (Å²) < 4.78 is 0. The molecular weight excluding hydrogens is 284 g/mol. The molecular formula is C20H22N2O. The van der Waals surface area contributed by atoms with Gasteiger partial charge in [0.15, 0.2) is 0 Å². The van der Waals surface area contributed by atoms with Gasteiger partial charge in [-0.2, -0.15) is 0 Å². The molecule has 1 N–H and O–H groups in total. The van der Waals surface area contributed by atoms with Gasteiger partial charge in [-0.3, -0.25) is 4.90 Å². The fourth-order valence-corrected chi connectivity index (χ4v) is 2.56. The SMILES string of the molecule is C/C(=C\NC(=O)N(Cc1ccccc1)c1ccccc1)C1CC1. The lowest BCUT2D eigenvalue weighted by molar-refractivity contribution is 0.249. The Kier molecular flexibility index (Phi) is 4.77. The summed E-state index contributed by atoms with van der Waals surface area (Å²) in [7, 11) is 0. The summed E-state index contributed by atoms with van der Waals surface area (Å²) in [5, 5.41) is 2.95. The Bertz CT molecular complexity index is 675. The summed E-state index contributed by atoms with van der Waals surface area (Å²) in [5.41, 5.74) is 3.26. The maximum Gasteiger partial charge on any atom is 0.326 e. The predicted octanol–water partition coefficient (Wildman–Crippen LogP) is 4.72. The van der Waals surface area contributed by atoms with Crippen LogP contribution in [0.15, 0.2) is 72.4 Å². The zero-order chi connectivity index (χ0) is 16.1. The van der Waals surface area contributed by atoms with Crippen LogP contribution in [-0.2, 0) is 6.54 Å². The van der Waals surface area contributed by atoms with Crippen molar-refractivity contribution in [1.82, 2.24) is 5.32 Å². The van der Waals surface area contributed by atoms with E-state index in [0.29, 0.717) is 12.5 Å². The average molecular weight is 306 g/mol. The van der Waals surface area contributed by atoms with Crippen LogP contribution >= 0.6 is 0 Å². The first-order valence-electron chi connectivity index (χ1n) is 8.08. The Morgan fingerprint density at radius 3 is 2.30 bits per heavy atom. The monoisotopic (exact) mass is 306 g/mol. The highest BCUT2D eigenvalue weighted by atomic mass is 16.2. The molecule has 0 saturated heterocycles. The van der Waals surface area contributed by atoms with E-state index in [0.717, 1.165) is 11.3 Å². The molecule has 0 atom stereocenters. The van der Waals surface area contributed by atoms with Gasteiger partial charge in [-0.05, 0) is 43.4 Å². The lowest BCUT2D eigenvalue weighted by Crippen LogP contribution is -2.37. The molecule has 1 fully saturated rings. The van der Waals surface area contributed by atoms with Crippen LogP contribution in [0.2, 0.25) is 0 Å². The van der Waals surface area contributed by atoms with Gasteiger partial charge in [0, 0.05) is 11.9 Å². The van der Waals surface area contributed by atoms with Crippen LogP contribution < -0.4 is 10.2 Å². The Labute approximate surface area is 137 Å². The lowest BCUT2D eigenvalue weighted by atomic mass is 10.2. The molecule has 118 valence electrons. The number of nitrogens with zero attached hydrogens (tertiary/aromatic N) is 1. The van der Waals surface area contributed by atoms with Crippen molar-refractivity contribution in [2.75, 3.05) is 4.90 Å². The number of benzene rings is 2. The van der Waals surface area contributed by atoms with Crippen LogP contribution in [0.1, 0.15) is 25.3 Å². The number of carbonyl (C=O) groups excluding carboxylic acids is 1. The minimum absolute atomic E-state index is 0.0972. The second kappa shape index (κ2) is 7.14. The highest BCUT2D eigenvalue weighted by molar-refractivity contribution is 5.92. The third-order valence-corrected chi connectivity index (χ3v) is 4.14. The van der Waals surface area contributed by atoms with Crippen molar-refractivity contribution in [1.29, 1.82) is 0 Å². The number of para-hydroxylation sites is 1. The fourth-order valence-electron chi connectivity index (χ4n) is 2.56. The lowest BCUT2D eigenvalue weighted by Gasteiger charge is -2.22. The molecule has 0 unspecified atom stereocenters. The zero-order valence-electron chi connectivity index (χ0n) is 13.4. The Hall–Kier alpha value is -2.55. The molecule has 0 spiro atoms. The second-order valence-electron chi connectivity index (χ2n) is 6.02. The first-order valence-corrected chi connectivity index (χ1v) is 8.08. The van der Waals surface area contributed by atoms with E-state index >= 15 is 0 Å².